The lowest BCUT2D eigenvalue weighted by atomic mass is 10.1. The summed E-state index contributed by atoms with van der Waals surface area (Å²) in [6.07, 6.45) is 25.2. The van der Waals surface area contributed by atoms with Gasteiger partial charge in [0.05, 0.1) is 99.0 Å². The first-order valence-electron chi connectivity index (χ1n) is 47.5. The molecule has 14 aromatic rings. The Balaban J connectivity index is 0.000000143. The zero-order chi connectivity index (χ0) is 101. The van der Waals surface area contributed by atoms with Crippen LogP contribution in [0, 0.1) is 52.9 Å². The number of aromatic hydroxyl groups is 1. The van der Waals surface area contributed by atoms with E-state index in [0.717, 1.165) is 115 Å². The molecule has 19 rings (SSSR count). The Bertz CT molecular complexity index is 6630. The van der Waals surface area contributed by atoms with Gasteiger partial charge in [0, 0.05) is 151 Å². The van der Waals surface area contributed by atoms with Gasteiger partial charge in [-0.15, -0.1) is 34.0 Å². The number of thiophene rings is 3. The van der Waals surface area contributed by atoms with Crippen LogP contribution in [0.4, 0.5) is 53.9 Å². The van der Waals surface area contributed by atoms with Crippen LogP contribution in [0.25, 0.3) is 49.4 Å². The number of nitro groups is 2. The molecule has 5 fully saturated rings. The largest absolute Gasteiger partial charge is 0.508 e. The van der Waals surface area contributed by atoms with Gasteiger partial charge in [0.2, 0.25) is 11.9 Å². The fourth-order valence-electron chi connectivity index (χ4n) is 16.5. The highest BCUT2D eigenvalue weighted by atomic mass is 32.1. The number of hydrogen-bond acceptors (Lipinski definition) is 30. The molecule has 5 aliphatic rings. The van der Waals surface area contributed by atoms with E-state index in [0.29, 0.717) is 92.9 Å². The molecule has 3 aromatic carbocycles. The predicted octanol–water partition coefficient (Wildman–Crippen LogP) is 17.8. The first kappa shape index (κ1) is 105. The molecule has 0 radical (unpaired) electrons. The number of ether oxygens (including phenoxy) is 2. The number of fused-ring (bicyclic) bond motifs is 3. The van der Waals surface area contributed by atoms with Crippen LogP contribution in [0.5, 0.6) is 17.2 Å². The van der Waals surface area contributed by atoms with E-state index >= 15 is 0 Å². The lowest BCUT2D eigenvalue weighted by molar-refractivity contribution is -0.389. The molecule has 0 spiro atoms. The van der Waals surface area contributed by atoms with Crippen LogP contribution in [0.2, 0.25) is 0 Å². The lowest BCUT2D eigenvalue weighted by Crippen LogP contribution is -2.49. The SMILES string of the molecule is CCCCOc1ccc(-n2nc(C(=O)NC(C)C)c3csc(C)c3c2=O)cc1.COc1ccc(-n2nc(C(=O)N3CCN(c4ccc(C)nc4)CC3)c3csc(N)c3c2=O)cc1.Cc1scc2c(C(=O)NC(C)C)nn(-c3ccc(O)cc3)c(=O)c12.Fc1ccc(N2CCCCC2)cn1.Fc1ccc(N2CCCCC2)cn1.O=[N+]([O-])c1ccc(N2CCCCC2)cn1.O=[N+]([O-])c1ccc(N2CCCCC2)cn1. The number of benzene rings is 3. The highest BCUT2D eigenvalue weighted by Gasteiger charge is 2.30. The van der Waals surface area contributed by atoms with Gasteiger partial charge in [-0.2, -0.15) is 38.1 Å². The molecule has 35 nitrogen and oxygen atoms in total. The van der Waals surface area contributed by atoms with Crippen LogP contribution >= 0.6 is 34.0 Å². The summed E-state index contributed by atoms with van der Waals surface area (Å²) in [4.78, 5) is 132. The fraction of sp³-hybridized carbons (Fsp3) is 0.373. The molecule has 0 unspecified atom stereocenters. The smallest absolute Gasteiger partial charge is 0.363 e. The van der Waals surface area contributed by atoms with Crippen molar-refractivity contribution in [2.24, 2.45) is 0 Å². The number of phenolic OH excluding ortho intramolecular Hbond substituents is 1. The summed E-state index contributed by atoms with van der Waals surface area (Å²) in [6.45, 7) is 26.8. The third-order valence-electron chi connectivity index (χ3n) is 24.1. The van der Waals surface area contributed by atoms with Gasteiger partial charge in [0.15, 0.2) is 29.5 Å². The minimum atomic E-state index is -0.472. The number of nitrogens with zero attached hydrogens (tertiary/aromatic N) is 19. The highest BCUT2D eigenvalue weighted by Crippen LogP contribution is 2.33. The summed E-state index contributed by atoms with van der Waals surface area (Å²) < 4.78 is 39.7. The molecule has 142 heavy (non-hydrogen) atoms. The van der Waals surface area contributed by atoms with Crippen molar-refractivity contribution < 1.29 is 47.6 Å². The number of piperazine rings is 1. The number of carbonyl (C=O) groups is 3. The Kier molecular flexibility index (Phi) is 37.1. The summed E-state index contributed by atoms with van der Waals surface area (Å²) in [5.74, 6) is -0.301. The number of rotatable bonds is 20. The molecule has 746 valence electrons. The molecule has 3 amide bonds. The average molecular weight is 1990 g/mol. The Hall–Kier alpha value is -14.8. The maximum atomic E-state index is 13.6. The number of aromatic nitrogens is 11. The number of pyridine rings is 5. The number of unbranched alkanes of at least 4 members (excludes halogenated alkanes) is 1. The van der Waals surface area contributed by atoms with Crippen LogP contribution in [-0.2, 0) is 0 Å². The number of phenols is 1. The van der Waals surface area contributed by atoms with Crippen molar-refractivity contribution >= 4 is 129 Å². The quantitative estimate of drug-likeness (QED) is 0.0238. The maximum absolute atomic E-state index is 13.6. The molecule has 0 bridgehead atoms. The van der Waals surface area contributed by atoms with E-state index in [2.05, 4.69) is 82.3 Å². The van der Waals surface area contributed by atoms with Crippen molar-refractivity contribution in [1.82, 2.24) is 69.8 Å². The van der Waals surface area contributed by atoms with Gasteiger partial charge in [-0.1, -0.05) is 13.3 Å². The standard InChI is InChI=1S/C24H24N6O3S.C21H25N3O3S.C17H17N3O3S.2C10H13FN2.2C10H13N3O2/c1-15-3-4-17(13-26-15)28-9-11-29(12-10-28)24(32)21-19-14-34-22(25)20(19)23(31)30(27-21)16-5-7-18(33-2)8-6-16;1-5-6-11-27-16-9-7-15(8-10-16)24-21(26)18-14(4)28-12-17(18)19(23-24)20(25)22-13(2)3;1-9(2)18-16(22)15-13-8-24-10(3)14(13)17(23)20(19-15)11-4-6-12(21)7-5-11;2*11-10-5-4-9(8-12-10)13-6-2-1-3-7-13;2*14-13(15)10-5-4-9(8-11-10)12-6-2-1-3-7-12/h3-8,13-14H,9-12,25H2,1-2H3;7-10,12-13H,5-6,11H2,1-4H3,(H,22,25);4-9,21H,1-3H3,(H,18,22);2*4-5,8H,1-3,6-7H2;2*4-5,8H,1-3,6-7H2. The van der Waals surface area contributed by atoms with Gasteiger partial charge in [0.1, 0.15) is 17.2 Å². The number of aryl methyl sites for hydroxylation is 3. The molecular weight excluding hydrogens is 1880 g/mol. The Morgan fingerprint density at radius 3 is 1.13 bits per heavy atom. The second-order valence-corrected chi connectivity index (χ2v) is 38.1. The first-order valence-corrected chi connectivity index (χ1v) is 50.2. The van der Waals surface area contributed by atoms with Crippen molar-refractivity contribution in [3.05, 3.63) is 276 Å². The minimum absolute atomic E-state index is 0.0241. The number of nitrogen functional groups attached to an aromatic ring is 1. The molecule has 40 heteroatoms. The number of methoxy groups -OCH3 is 1. The number of piperidine rings is 4. The van der Waals surface area contributed by atoms with Crippen molar-refractivity contribution in [2.75, 3.05) is 122 Å². The maximum Gasteiger partial charge on any atom is 0.363 e. The summed E-state index contributed by atoms with van der Waals surface area (Å²) >= 11 is 4.10. The van der Waals surface area contributed by atoms with E-state index in [1.54, 1.807) is 120 Å². The molecule has 5 N–H and O–H groups in total. The highest BCUT2D eigenvalue weighted by molar-refractivity contribution is 7.16. The molecule has 0 atom stereocenters. The summed E-state index contributed by atoms with van der Waals surface area (Å²) in [5, 5.41) is 57.9. The van der Waals surface area contributed by atoms with Crippen molar-refractivity contribution in [3.8, 4) is 34.3 Å². The lowest BCUT2D eigenvalue weighted by Gasteiger charge is -2.35. The number of amides is 3. The summed E-state index contributed by atoms with van der Waals surface area (Å²) in [5.41, 5.74) is 13.7. The molecular formula is C102H118F2N22O13S3. The molecule has 0 aliphatic carbocycles. The van der Waals surface area contributed by atoms with Gasteiger partial charge in [-0.25, -0.2) is 9.97 Å². The number of nitrogens with two attached hydrogens (primary N) is 1. The number of halogens is 2. The van der Waals surface area contributed by atoms with Crippen molar-refractivity contribution in [2.45, 2.75) is 157 Å². The zero-order valence-corrected chi connectivity index (χ0v) is 83.4. The van der Waals surface area contributed by atoms with Crippen LogP contribution in [-0.4, -0.2) is 196 Å². The van der Waals surface area contributed by atoms with Gasteiger partial charge in [-0.05, 0) is 273 Å². The molecule has 11 aromatic heterocycles. The van der Waals surface area contributed by atoms with E-state index in [4.69, 9.17) is 15.2 Å². The van der Waals surface area contributed by atoms with Crippen molar-refractivity contribution in [3.63, 3.8) is 0 Å². The van der Waals surface area contributed by atoms with Crippen LogP contribution in [0.15, 0.2) is 195 Å². The number of carbonyl (C=O) groups excluding carboxylic acids is 3. The van der Waals surface area contributed by atoms with E-state index in [1.807, 2.05) is 84.3 Å². The summed E-state index contributed by atoms with van der Waals surface area (Å²) in [7, 11) is 1.57. The zero-order valence-electron chi connectivity index (χ0n) is 81.0. The normalized spacial score (nSPS) is 14.1. The number of nitrogens with one attached hydrogen (secondary N) is 2. The van der Waals surface area contributed by atoms with Gasteiger partial charge in [-0.3, -0.25) is 33.8 Å². The topological polar surface area (TPSA) is 415 Å². The molecule has 16 heterocycles. The molecule has 5 aliphatic heterocycles. The molecule has 5 saturated heterocycles. The second kappa shape index (κ2) is 50.4. The van der Waals surface area contributed by atoms with E-state index in [9.17, 15) is 62.9 Å². The minimum Gasteiger partial charge on any atom is -0.508 e. The second-order valence-electron chi connectivity index (χ2n) is 35.0. The summed E-state index contributed by atoms with van der Waals surface area (Å²) in [6, 6.07) is 37.1. The third kappa shape index (κ3) is 27.5. The fourth-order valence-corrected chi connectivity index (χ4v) is 19.0. The first-order chi connectivity index (χ1) is 68.5. The average Bonchev–Trinajstić information content (AvgIpc) is 1.60. The van der Waals surface area contributed by atoms with Gasteiger partial charge >= 0.3 is 11.6 Å². The monoisotopic (exact) mass is 1990 g/mol. The number of anilines is 6. The Morgan fingerprint density at radius 2 is 0.775 bits per heavy atom. The Morgan fingerprint density at radius 1 is 0.437 bits per heavy atom. The third-order valence-corrected chi connectivity index (χ3v) is 26.7. The van der Waals surface area contributed by atoms with E-state index < -0.39 is 21.7 Å². The predicted molar refractivity (Wildman–Crippen MR) is 555 cm³/mol. The van der Waals surface area contributed by atoms with Gasteiger partial charge < -0.3 is 80.6 Å². The van der Waals surface area contributed by atoms with Crippen LogP contribution in [0.1, 0.15) is 171 Å². The Labute approximate surface area is 832 Å². The van der Waals surface area contributed by atoms with Gasteiger partial charge in [0.25, 0.3) is 34.4 Å². The van der Waals surface area contributed by atoms with E-state index in [1.165, 1.54) is 162 Å². The number of hydrogen-bond donors (Lipinski definition) is 4. The van der Waals surface area contributed by atoms with Crippen LogP contribution < -0.4 is 67.0 Å². The van der Waals surface area contributed by atoms with Crippen LogP contribution in [0.3, 0.4) is 0 Å². The molecule has 0 saturated carbocycles. The van der Waals surface area contributed by atoms with E-state index in [-0.39, 0.29) is 81.0 Å². The van der Waals surface area contributed by atoms with Crippen molar-refractivity contribution in [1.29, 1.82) is 0 Å².